The van der Waals surface area contributed by atoms with Gasteiger partial charge in [-0.2, -0.15) is 0 Å². The Kier molecular flexibility index (Phi) is 7.24. The van der Waals surface area contributed by atoms with Crippen LogP contribution in [0.4, 0.5) is 4.39 Å². The molecule has 1 atom stereocenters. The zero-order valence-electron chi connectivity index (χ0n) is 10.3. The molecule has 2 nitrogen and oxygen atoms in total. The fourth-order valence-corrected chi connectivity index (χ4v) is 2.63. The minimum atomic E-state index is -0.151. The first-order valence-corrected chi connectivity index (χ1v) is 7.10. The number of hydrogen-bond donors (Lipinski definition) is 2. The van der Waals surface area contributed by atoms with Crippen molar-refractivity contribution in [2.45, 2.75) is 43.5 Å². The van der Waals surface area contributed by atoms with Gasteiger partial charge >= 0.3 is 0 Å². The molecule has 0 aliphatic rings. The highest BCUT2D eigenvalue weighted by Crippen LogP contribution is 2.22. The number of rotatable bonds is 8. The van der Waals surface area contributed by atoms with Crippen LogP contribution in [0.5, 0.6) is 0 Å². The molecule has 0 aliphatic carbocycles. The predicted octanol–water partition coefficient (Wildman–Crippen LogP) is 3.33. The first kappa shape index (κ1) is 14.5. The smallest absolute Gasteiger partial charge is 0.136 e. The Morgan fingerprint density at radius 1 is 1.35 bits per heavy atom. The van der Waals surface area contributed by atoms with Crippen molar-refractivity contribution in [3.63, 3.8) is 0 Å². The molecule has 0 saturated heterocycles. The quantitative estimate of drug-likeness (QED) is 0.324. The van der Waals surface area contributed by atoms with Crippen LogP contribution in [-0.4, -0.2) is 11.8 Å². The lowest BCUT2D eigenvalue weighted by Crippen LogP contribution is -2.36. The van der Waals surface area contributed by atoms with Crippen molar-refractivity contribution >= 4 is 11.8 Å². The average molecular weight is 256 g/mol. The van der Waals surface area contributed by atoms with E-state index in [1.165, 1.54) is 37.1 Å². The molecule has 1 unspecified atom stereocenters. The van der Waals surface area contributed by atoms with Gasteiger partial charge in [0.05, 0.1) is 0 Å². The highest BCUT2D eigenvalue weighted by Gasteiger charge is 2.08. The summed E-state index contributed by atoms with van der Waals surface area (Å²) >= 11 is 1.52. The highest BCUT2D eigenvalue weighted by molar-refractivity contribution is 7.99. The van der Waals surface area contributed by atoms with Gasteiger partial charge in [0.15, 0.2) is 0 Å². The molecule has 0 aliphatic heterocycles. The van der Waals surface area contributed by atoms with E-state index in [-0.39, 0.29) is 11.9 Å². The summed E-state index contributed by atoms with van der Waals surface area (Å²) in [6.45, 7) is 2.18. The molecule has 0 heterocycles. The lowest BCUT2D eigenvalue weighted by molar-refractivity contribution is 0.506. The van der Waals surface area contributed by atoms with Gasteiger partial charge in [0.25, 0.3) is 0 Å². The van der Waals surface area contributed by atoms with Crippen LogP contribution in [0.2, 0.25) is 0 Å². The largest absolute Gasteiger partial charge is 0.271 e. The van der Waals surface area contributed by atoms with E-state index < -0.39 is 0 Å². The van der Waals surface area contributed by atoms with E-state index in [1.807, 2.05) is 6.07 Å². The predicted molar refractivity (Wildman–Crippen MR) is 72.4 cm³/mol. The van der Waals surface area contributed by atoms with Gasteiger partial charge in [0.1, 0.15) is 5.82 Å². The normalized spacial score (nSPS) is 12.6. The minimum Gasteiger partial charge on any atom is -0.271 e. The minimum absolute atomic E-state index is 0.151. The Bertz CT molecular complexity index is 320. The molecule has 96 valence electrons. The number of nitrogens with two attached hydrogens (primary N) is 1. The molecule has 4 heteroatoms. The summed E-state index contributed by atoms with van der Waals surface area (Å²) in [6, 6.07) is 7.11. The van der Waals surface area contributed by atoms with Gasteiger partial charge < -0.3 is 0 Å². The van der Waals surface area contributed by atoms with E-state index in [9.17, 15) is 4.39 Å². The number of hydrogen-bond acceptors (Lipinski definition) is 3. The Morgan fingerprint density at radius 2 is 2.12 bits per heavy atom. The summed E-state index contributed by atoms with van der Waals surface area (Å²) < 4.78 is 13.4. The lowest BCUT2D eigenvalue weighted by Gasteiger charge is -2.15. The maximum atomic E-state index is 13.4. The Labute approximate surface area is 107 Å². The van der Waals surface area contributed by atoms with E-state index in [0.29, 0.717) is 4.90 Å². The molecule has 0 radical (unpaired) electrons. The fraction of sp³-hybridized carbons (Fsp3) is 0.538. The van der Waals surface area contributed by atoms with Crippen molar-refractivity contribution in [3.05, 3.63) is 30.1 Å². The third-order valence-electron chi connectivity index (χ3n) is 2.67. The van der Waals surface area contributed by atoms with Crippen LogP contribution in [0.15, 0.2) is 29.2 Å². The molecule has 0 bridgehead atoms. The first-order valence-electron chi connectivity index (χ1n) is 6.11. The standard InChI is InChI=1S/C13H21FN2S/c1-2-3-4-7-11(16-15)10-17-13-9-6-5-8-12(13)14/h5-6,8-9,11,16H,2-4,7,10,15H2,1H3. The molecule has 0 saturated carbocycles. The molecule has 0 fully saturated rings. The molecular weight excluding hydrogens is 235 g/mol. The second-order valence-electron chi connectivity index (χ2n) is 4.10. The molecule has 17 heavy (non-hydrogen) atoms. The Morgan fingerprint density at radius 3 is 2.76 bits per heavy atom. The third-order valence-corrected chi connectivity index (χ3v) is 3.88. The third kappa shape index (κ3) is 5.52. The first-order chi connectivity index (χ1) is 8.27. The van der Waals surface area contributed by atoms with Gasteiger partial charge in [-0.1, -0.05) is 38.3 Å². The summed E-state index contributed by atoms with van der Waals surface area (Å²) in [4.78, 5) is 0.697. The van der Waals surface area contributed by atoms with E-state index in [2.05, 4.69) is 12.3 Å². The van der Waals surface area contributed by atoms with Crippen LogP contribution in [0.25, 0.3) is 0 Å². The van der Waals surface area contributed by atoms with Gasteiger partial charge in [-0.05, 0) is 18.6 Å². The van der Waals surface area contributed by atoms with Crippen molar-refractivity contribution in [3.8, 4) is 0 Å². The van der Waals surface area contributed by atoms with Gasteiger partial charge in [0.2, 0.25) is 0 Å². The van der Waals surface area contributed by atoms with Gasteiger partial charge in [0, 0.05) is 16.7 Å². The van der Waals surface area contributed by atoms with E-state index in [0.717, 1.165) is 12.2 Å². The van der Waals surface area contributed by atoms with Crippen molar-refractivity contribution in [2.24, 2.45) is 5.84 Å². The van der Waals surface area contributed by atoms with Crippen molar-refractivity contribution in [1.29, 1.82) is 0 Å². The average Bonchev–Trinajstić information content (AvgIpc) is 2.35. The maximum absolute atomic E-state index is 13.4. The molecule has 1 aromatic carbocycles. The van der Waals surface area contributed by atoms with Crippen LogP contribution in [-0.2, 0) is 0 Å². The number of thioether (sulfide) groups is 1. The van der Waals surface area contributed by atoms with Gasteiger partial charge in [-0.25, -0.2) is 4.39 Å². The number of unbranched alkanes of at least 4 members (excludes halogenated alkanes) is 2. The topological polar surface area (TPSA) is 38.0 Å². The van der Waals surface area contributed by atoms with E-state index >= 15 is 0 Å². The number of halogens is 1. The summed E-state index contributed by atoms with van der Waals surface area (Å²) in [6.07, 6.45) is 4.65. The molecule has 3 N–H and O–H groups in total. The van der Waals surface area contributed by atoms with Crippen molar-refractivity contribution < 1.29 is 4.39 Å². The number of benzene rings is 1. The van der Waals surface area contributed by atoms with E-state index in [1.54, 1.807) is 12.1 Å². The lowest BCUT2D eigenvalue weighted by atomic mass is 10.1. The zero-order chi connectivity index (χ0) is 12.5. The van der Waals surface area contributed by atoms with Crippen LogP contribution in [0.3, 0.4) is 0 Å². The second kappa shape index (κ2) is 8.50. The van der Waals surface area contributed by atoms with Crippen LogP contribution in [0.1, 0.15) is 32.6 Å². The molecule has 0 amide bonds. The van der Waals surface area contributed by atoms with Gasteiger partial charge in [-0.3, -0.25) is 11.3 Å². The zero-order valence-corrected chi connectivity index (χ0v) is 11.1. The fourth-order valence-electron chi connectivity index (χ4n) is 1.61. The molecule has 0 spiro atoms. The molecule has 1 rings (SSSR count). The van der Waals surface area contributed by atoms with Crippen molar-refractivity contribution in [2.75, 3.05) is 5.75 Å². The number of nitrogens with one attached hydrogen (secondary N) is 1. The summed E-state index contributed by atoms with van der Waals surface area (Å²) in [5.74, 6) is 6.16. The Balaban J connectivity index is 2.34. The monoisotopic (exact) mass is 256 g/mol. The summed E-state index contributed by atoms with van der Waals surface area (Å²) in [5.41, 5.74) is 2.81. The van der Waals surface area contributed by atoms with Crippen LogP contribution >= 0.6 is 11.8 Å². The highest BCUT2D eigenvalue weighted by atomic mass is 32.2. The second-order valence-corrected chi connectivity index (χ2v) is 5.16. The van der Waals surface area contributed by atoms with Crippen LogP contribution in [0, 0.1) is 5.82 Å². The van der Waals surface area contributed by atoms with E-state index in [4.69, 9.17) is 5.84 Å². The van der Waals surface area contributed by atoms with Crippen molar-refractivity contribution in [1.82, 2.24) is 5.43 Å². The van der Waals surface area contributed by atoms with Gasteiger partial charge in [-0.15, -0.1) is 11.8 Å². The molecular formula is C13H21FN2S. The SMILES string of the molecule is CCCCCC(CSc1ccccc1F)NN. The summed E-state index contributed by atoms with van der Waals surface area (Å²) in [5, 5.41) is 0. The maximum Gasteiger partial charge on any atom is 0.136 e. The number of hydrazine groups is 1. The summed E-state index contributed by atoms with van der Waals surface area (Å²) in [7, 11) is 0. The molecule has 0 aromatic heterocycles. The Hall–Kier alpha value is -0.580. The van der Waals surface area contributed by atoms with Crippen LogP contribution < -0.4 is 11.3 Å². The molecule has 1 aromatic rings.